The Morgan fingerprint density at radius 3 is 2.61 bits per heavy atom. The first-order valence-electron chi connectivity index (χ1n) is 10.6. The van der Waals surface area contributed by atoms with Crippen LogP contribution in [-0.2, 0) is 14.9 Å². The van der Waals surface area contributed by atoms with Crippen molar-refractivity contribution in [2.45, 2.75) is 24.7 Å². The van der Waals surface area contributed by atoms with E-state index >= 15 is 0 Å². The zero-order chi connectivity index (χ0) is 21.8. The van der Waals surface area contributed by atoms with Gasteiger partial charge in [-0.15, -0.1) is 0 Å². The van der Waals surface area contributed by atoms with Crippen molar-refractivity contribution < 1.29 is 29.3 Å². The topological polar surface area (TPSA) is 96.3 Å². The van der Waals surface area contributed by atoms with Crippen LogP contribution in [0.5, 0.6) is 11.5 Å². The highest BCUT2D eigenvalue weighted by atomic mass is 16.5. The lowest BCUT2D eigenvalue weighted by Crippen LogP contribution is -2.48. The number of aliphatic carboxylic acids is 1. The molecule has 2 fully saturated rings. The summed E-state index contributed by atoms with van der Waals surface area (Å²) in [6.07, 6.45) is 2.71. The van der Waals surface area contributed by atoms with Crippen molar-refractivity contribution in [1.29, 1.82) is 0 Å². The van der Waals surface area contributed by atoms with Crippen molar-refractivity contribution in [1.82, 2.24) is 0 Å². The van der Waals surface area contributed by atoms with Crippen LogP contribution in [0.4, 0.5) is 5.69 Å². The van der Waals surface area contributed by atoms with Crippen molar-refractivity contribution >= 4 is 17.9 Å². The number of rotatable bonds is 8. The number of carbonyl (C=O) groups is 2. The molecule has 0 bridgehead atoms. The summed E-state index contributed by atoms with van der Waals surface area (Å²) >= 11 is 0. The Labute approximate surface area is 181 Å². The van der Waals surface area contributed by atoms with Crippen molar-refractivity contribution in [3.8, 4) is 11.5 Å². The Morgan fingerprint density at radius 2 is 1.97 bits per heavy atom. The molecule has 7 heteroatoms. The minimum Gasteiger partial charge on any atom is -0.508 e. The van der Waals surface area contributed by atoms with Gasteiger partial charge in [0, 0.05) is 24.7 Å². The van der Waals surface area contributed by atoms with E-state index in [0.29, 0.717) is 31.3 Å². The average molecular weight is 425 g/mol. The number of phenolic OH excluding ortho intramolecular Hbond substituents is 1. The van der Waals surface area contributed by atoms with Crippen molar-refractivity contribution in [3.63, 3.8) is 0 Å². The summed E-state index contributed by atoms with van der Waals surface area (Å²) in [5.74, 6) is 0.457. The third-order valence-electron chi connectivity index (χ3n) is 6.27. The zero-order valence-electron chi connectivity index (χ0n) is 17.3. The highest BCUT2D eigenvalue weighted by Gasteiger charge is 2.42. The molecule has 2 aromatic rings. The minimum atomic E-state index is -0.828. The molecule has 0 aliphatic carbocycles. The molecule has 2 heterocycles. The number of piperidine rings is 1. The van der Waals surface area contributed by atoms with E-state index in [1.54, 1.807) is 12.1 Å². The lowest BCUT2D eigenvalue weighted by molar-refractivity contribution is -0.145. The van der Waals surface area contributed by atoms with Crippen LogP contribution in [0.15, 0.2) is 42.5 Å². The highest BCUT2D eigenvalue weighted by Crippen LogP contribution is 2.37. The van der Waals surface area contributed by atoms with Gasteiger partial charge in [0.25, 0.3) is 0 Å². The molecule has 0 atom stereocenters. The van der Waals surface area contributed by atoms with Crippen LogP contribution in [0.2, 0.25) is 0 Å². The van der Waals surface area contributed by atoms with Gasteiger partial charge in [-0.1, -0.05) is 12.1 Å². The molecular formula is C24H27NO6. The van der Waals surface area contributed by atoms with E-state index in [9.17, 15) is 19.8 Å². The number of nitrogens with zero attached hydrogens (tertiary/aromatic N) is 1. The molecule has 2 saturated heterocycles. The first kappa shape index (κ1) is 21.2. The minimum absolute atomic E-state index is 0.0483. The summed E-state index contributed by atoms with van der Waals surface area (Å²) in [6, 6.07) is 12.5. The number of aromatic hydroxyl groups is 1. The summed E-state index contributed by atoms with van der Waals surface area (Å²) in [5, 5.41) is 19.0. The van der Waals surface area contributed by atoms with Gasteiger partial charge >= 0.3 is 5.97 Å². The van der Waals surface area contributed by atoms with Gasteiger partial charge in [0.1, 0.15) is 11.5 Å². The average Bonchev–Trinajstić information content (AvgIpc) is 2.75. The van der Waals surface area contributed by atoms with Crippen LogP contribution >= 0.6 is 0 Å². The quantitative estimate of drug-likeness (QED) is 0.627. The number of ether oxygens (including phenoxy) is 2. The zero-order valence-corrected chi connectivity index (χ0v) is 17.3. The van der Waals surface area contributed by atoms with Gasteiger partial charge in [-0.25, -0.2) is 0 Å². The van der Waals surface area contributed by atoms with Crippen LogP contribution in [0.25, 0.3) is 0 Å². The summed E-state index contributed by atoms with van der Waals surface area (Å²) in [4.78, 5) is 24.7. The Morgan fingerprint density at radius 1 is 1.19 bits per heavy atom. The van der Waals surface area contributed by atoms with Gasteiger partial charge < -0.3 is 24.6 Å². The third-order valence-corrected chi connectivity index (χ3v) is 6.27. The summed E-state index contributed by atoms with van der Waals surface area (Å²) < 4.78 is 11.4. The maximum Gasteiger partial charge on any atom is 0.304 e. The van der Waals surface area contributed by atoms with E-state index in [-0.39, 0.29) is 12.2 Å². The van der Waals surface area contributed by atoms with E-state index in [4.69, 9.17) is 9.47 Å². The fourth-order valence-corrected chi connectivity index (χ4v) is 4.38. The number of carboxylic acid groups (broad SMARTS) is 1. The second-order valence-corrected chi connectivity index (χ2v) is 8.47. The second kappa shape index (κ2) is 8.98. The van der Waals surface area contributed by atoms with Gasteiger partial charge in [0.05, 0.1) is 37.3 Å². The maximum absolute atomic E-state index is 11.3. The molecule has 0 amide bonds. The Balaban J connectivity index is 1.34. The number of hydrogen-bond acceptors (Lipinski definition) is 6. The number of phenols is 1. The number of aldehydes is 1. The fraction of sp³-hybridized carbons (Fsp3) is 0.417. The second-order valence-electron chi connectivity index (χ2n) is 8.47. The first-order valence-corrected chi connectivity index (χ1v) is 10.6. The van der Waals surface area contributed by atoms with Crippen molar-refractivity contribution in [2.24, 2.45) is 5.92 Å². The third kappa shape index (κ3) is 4.66. The molecule has 0 saturated carbocycles. The van der Waals surface area contributed by atoms with Gasteiger partial charge in [0.15, 0.2) is 6.29 Å². The van der Waals surface area contributed by atoms with Gasteiger partial charge in [-0.05, 0) is 48.6 Å². The molecule has 2 aliphatic heterocycles. The predicted molar refractivity (Wildman–Crippen MR) is 115 cm³/mol. The molecule has 0 unspecified atom stereocenters. The smallest absolute Gasteiger partial charge is 0.304 e. The molecule has 31 heavy (non-hydrogen) atoms. The summed E-state index contributed by atoms with van der Waals surface area (Å²) in [6.45, 7) is 2.99. The van der Waals surface area contributed by atoms with Gasteiger partial charge in [0.2, 0.25) is 0 Å². The van der Waals surface area contributed by atoms with E-state index in [0.717, 1.165) is 49.2 Å². The van der Waals surface area contributed by atoms with Crippen molar-refractivity contribution in [3.05, 3.63) is 53.6 Å². The van der Waals surface area contributed by atoms with E-state index in [1.165, 1.54) is 6.07 Å². The molecule has 0 spiro atoms. The largest absolute Gasteiger partial charge is 0.508 e. The van der Waals surface area contributed by atoms with Gasteiger partial charge in [-0.3, -0.25) is 9.59 Å². The van der Waals surface area contributed by atoms with Gasteiger partial charge in [-0.2, -0.15) is 0 Å². The monoisotopic (exact) mass is 425 g/mol. The van der Waals surface area contributed by atoms with Crippen LogP contribution in [0.3, 0.4) is 0 Å². The first-order chi connectivity index (χ1) is 15.0. The lowest BCUT2D eigenvalue weighted by atomic mass is 9.76. The number of benzene rings is 2. The van der Waals surface area contributed by atoms with Crippen LogP contribution < -0.4 is 9.64 Å². The standard InChI is InChI=1S/C24H27NO6/c26-13-18-4-5-20(27)11-22(18)25-8-6-17(7-9-25)14-31-21-3-1-2-19(10-21)24(12-23(28)29)15-30-16-24/h1-5,10-11,13,17,27H,6-9,12,14-16H2,(H,28,29). The predicted octanol–water partition coefficient (Wildman–Crippen LogP) is 3.24. The maximum atomic E-state index is 11.3. The summed E-state index contributed by atoms with van der Waals surface area (Å²) in [7, 11) is 0. The Hall–Kier alpha value is -3.06. The molecule has 4 rings (SSSR count). The number of carbonyl (C=O) groups excluding carboxylic acids is 1. The number of hydrogen-bond donors (Lipinski definition) is 2. The highest BCUT2D eigenvalue weighted by molar-refractivity contribution is 5.85. The van der Waals surface area contributed by atoms with E-state index in [1.807, 2.05) is 24.3 Å². The number of carboxylic acids is 1. The molecule has 7 nitrogen and oxygen atoms in total. The summed E-state index contributed by atoms with van der Waals surface area (Å²) in [5.41, 5.74) is 1.83. The molecule has 2 aromatic carbocycles. The number of anilines is 1. The Bertz CT molecular complexity index is 947. The van der Waals surface area contributed by atoms with Crippen LogP contribution in [-0.4, -0.2) is 55.4 Å². The molecule has 0 aromatic heterocycles. The molecule has 2 aliphatic rings. The van der Waals surface area contributed by atoms with Crippen LogP contribution in [0.1, 0.15) is 35.2 Å². The Kier molecular flexibility index (Phi) is 6.13. The van der Waals surface area contributed by atoms with E-state index in [2.05, 4.69) is 4.90 Å². The lowest BCUT2D eigenvalue weighted by Gasteiger charge is -2.41. The SMILES string of the molecule is O=Cc1ccc(O)cc1N1CCC(COc2cccc(C3(CC(=O)O)COC3)c2)CC1. The molecule has 0 radical (unpaired) electrons. The molecule has 164 valence electrons. The van der Waals surface area contributed by atoms with Crippen LogP contribution in [0, 0.1) is 5.92 Å². The van der Waals surface area contributed by atoms with E-state index < -0.39 is 11.4 Å². The fourth-order valence-electron chi connectivity index (χ4n) is 4.38. The van der Waals surface area contributed by atoms with Crippen molar-refractivity contribution in [2.75, 3.05) is 37.8 Å². The normalized spacial score (nSPS) is 18.3. The molecular weight excluding hydrogens is 398 g/mol. The molecule has 2 N–H and O–H groups in total.